The third-order valence-corrected chi connectivity index (χ3v) is 3.35. The Kier molecular flexibility index (Phi) is 2.87. The van der Waals surface area contributed by atoms with Crippen molar-refractivity contribution in [1.82, 2.24) is 24.3 Å². The lowest BCUT2D eigenvalue weighted by Crippen LogP contribution is -2.12. The average Bonchev–Trinajstić information content (AvgIpc) is 2.93. The van der Waals surface area contributed by atoms with Crippen LogP contribution in [0.5, 0.6) is 0 Å². The number of hydrogen-bond donors (Lipinski definition) is 1. The van der Waals surface area contributed by atoms with E-state index in [4.69, 9.17) is 0 Å². The zero-order valence-electron chi connectivity index (χ0n) is 10.4. The quantitative estimate of drug-likeness (QED) is 0.859. The summed E-state index contributed by atoms with van der Waals surface area (Å²) in [5.74, 6) is 0.813. The normalized spacial score (nSPS) is 17.0. The summed E-state index contributed by atoms with van der Waals surface area (Å²) in [5.41, 5.74) is 0.878. The Morgan fingerprint density at radius 1 is 1.50 bits per heavy atom. The Bertz CT molecular complexity index is 528. The topological polar surface area (TPSA) is 68.8 Å². The first-order valence-corrected chi connectivity index (χ1v) is 6.36. The average molecular weight is 247 g/mol. The van der Waals surface area contributed by atoms with Crippen molar-refractivity contribution in [2.24, 2.45) is 0 Å². The highest BCUT2D eigenvalue weighted by Crippen LogP contribution is 2.37. The number of aliphatic hydroxyl groups excluding tert-OH is 1. The molecule has 2 heterocycles. The Balaban J connectivity index is 1.78. The Morgan fingerprint density at radius 2 is 2.33 bits per heavy atom. The first-order chi connectivity index (χ1) is 8.79. The SMILES string of the molecule is CCn1ncnc1CC(O)c1cncn1C1CC1. The molecule has 0 amide bonds. The van der Waals surface area contributed by atoms with Gasteiger partial charge in [0.25, 0.3) is 0 Å². The maximum absolute atomic E-state index is 10.3. The molecule has 1 unspecified atom stereocenters. The molecule has 2 aromatic rings. The van der Waals surface area contributed by atoms with Crippen LogP contribution in [0, 0.1) is 0 Å². The fraction of sp³-hybridized carbons (Fsp3) is 0.583. The molecular weight excluding hydrogens is 230 g/mol. The van der Waals surface area contributed by atoms with E-state index in [0.29, 0.717) is 12.5 Å². The molecule has 1 atom stereocenters. The van der Waals surface area contributed by atoms with Gasteiger partial charge in [-0.15, -0.1) is 0 Å². The molecule has 0 saturated heterocycles. The number of hydrogen-bond acceptors (Lipinski definition) is 4. The van der Waals surface area contributed by atoms with Crippen LogP contribution in [0.15, 0.2) is 18.9 Å². The zero-order chi connectivity index (χ0) is 12.5. The zero-order valence-corrected chi connectivity index (χ0v) is 10.4. The Morgan fingerprint density at radius 3 is 3.06 bits per heavy atom. The molecule has 0 aromatic carbocycles. The van der Waals surface area contributed by atoms with E-state index in [1.807, 2.05) is 6.92 Å². The van der Waals surface area contributed by atoms with E-state index in [1.165, 1.54) is 19.2 Å². The summed E-state index contributed by atoms with van der Waals surface area (Å²) in [5, 5.41) is 14.4. The molecule has 96 valence electrons. The highest BCUT2D eigenvalue weighted by molar-refractivity contribution is 5.09. The summed E-state index contributed by atoms with van der Waals surface area (Å²) >= 11 is 0. The number of aliphatic hydroxyl groups is 1. The van der Waals surface area contributed by atoms with Crippen LogP contribution in [0.4, 0.5) is 0 Å². The van der Waals surface area contributed by atoms with Crippen molar-refractivity contribution in [3.63, 3.8) is 0 Å². The number of aromatic nitrogens is 5. The molecule has 0 bridgehead atoms. The molecule has 1 saturated carbocycles. The van der Waals surface area contributed by atoms with Gasteiger partial charge in [0.05, 0.1) is 18.2 Å². The molecule has 1 aliphatic rings. The van der Waals surface area contributed by atoms with Gasteiger partial charge in [-0.05, 0) is 19.8 Å². The van der Waals surface area contributed by atoms with Gasteiger partial charge < -0.3 is 9.67 Å². The van der Waals surface area contributed by atoms with Crippen LogP contribution in [0.2, 0.25) is 0 Å². The number of nitrogens with zero attached hydrogens (tertiary/aromatic N) is 5. The van der Waals surface area contributed by atoms with E-state index < -0.39 is 6.10 Å². The lowest BCUT2D eigenvalue weighted by Gasteiger charge is -2.13. The summed E-state index contributed by atoms with van der Waals surface area (Å²) in [6.45, 7) is 2.78. The first-order valence-electron chi connectivity index (χ1n) is 6.36. The predicted octanol–water partition coefficient (Wildman–Crippen LogP) is 1.11. The van der Waals surface area contributed by atoms with Gasteiger partial charge in [0.15, 0.2) is 0 Å². The Labute approximate surface area is 105 Å². The molecule has 6 nitrogen and oxygen atoms in total. The molecule has 18 heavy (non-hydrogen) atoms. The van der Waals surface area contributed by atoms with Crippen LogP contribution in [0.1, 0.15) is 43.4 Å². The van der Waals surface area contributed by atoms with Crippen LogP contribution in [0.25, 0.3) is 0 Å². The lowest BCUT2D eigenvalue weighted by molar-refractivity contribution is 0.164. The van der Waals surface area contributed by atoms with E-state index in [1.54, 1.807) is 17.2 Å². The van der Waals surface area contributed by atoms with Crippen molar-refractivity contribution in [1.29, 1.82) is 0 Å². The smallest absolute Gasteiger partial charge is 0.138 e. The maximum Gasteiger partial charge on any atom is 0.138 e. The van der Waals surface area contributed by atoms with E-state index in [0.717, 1.165) is 18.1 Å². The number of rotatable bonds is 5. The van der Waals surface area contributed by atoms with Crippen LogP contribution in [-0.4, -0.2) is 29.4 Å². The van der Waals surface area contributed by atoms with Gasteiger partial charge in [0.1, 0.15) is 18.3 Å². The van der Waals surface area contributed by atoms with Crippen molar-refractivity contribution in [2.75, 3.05) is 0 Å². The second kappa shape index (κ2) is 4.53. The van der Waals surface area contributed by atoms with E-state index in [-0.39, 0.29) is 0 Å². The first kappa shape index (κ1) is 11.4. The Hall–Kier alpha value is -1.69. The molecule has 1 aliphatic carbocycles. The van der Waals surface area contributed by atoms with Crippen molar-refractivity contribution >= 4 is 0 Å². The van der Waals surface area contributed by atoms with Crippen LogP contribution in [0.3, 0.4) is 0 Å². The molecule has 2 aromatic heterocycles. The molecule has 1 fully saturated rings. The van der Waals surface area contributed by atoms with Gasteiger partial charge in [-0.25, -0.2) is 9.97 Å². The van der Waals surface area contributed by atoms with E-state index >= 15 is 0 Å². The fourth-order valence-electron chi connectivity index (χ4n) is 2.22. The van der Waals surface area contributed by atoms with Gasteiger partial charge in [-0.2, -0.15) is 5.10 Å². The maximum atomic E-state index is 10.3. The summed E-state index contributed by atoms with van der Waals surface area (Å²) in [6, 6.07) is 0.529. The third kappa shape index (κ3) is 2.03. The minimum absolute atomic E-state index is 0.478. The van der Waals surface area contributed by atoms with Gasteiger partial charge in [0, 0.05) is 19.0 Å². The second-order valence-electron chi connectivity index (χ2n) is 4.67. The van der Waals surface area contributed by atoms with E-state index in [2.05, 4.69) is 19.6 Å². The third-order valence-electron chi connectivity index (χ3n) is 3.35. The molecule has 3 rings (SSSR count). The molecule has 6 heteroatoms. The molecule has 0 spiro atoms. The van der Waals surface area contributed by atoms with Crippen molar-refractivity contribution in [3.8, 4) is 0 Å². The van der Waals surface area contributed by atoms with Gasteiger partial charge in [-0.1, -0.05) is 0 Å². The van der Waals surface area contributed by atoms with Crippen LogP contribution >= 0.6 is 0 Å². The fourth-order valence-corrected chi connectivity index (χ4v) is 2.22. The molecular formula is C12H17N5O. The largest absolute Gasteiger partial charge is 0.386 e. The standard InChI is InChI=1S/C12H17N5O/c1-2-17-12(14-7-15-17)5-11(18)10-6-13-8-16(10)9-3-4-9/h6-9,11,18H,2-5H2,1H3. The summed E-state index contributed by atoms with van der Waals surface area (Å²) < 4.78 is 3.89. The lowest BCUT2D eigenvalue weighted by atomic mass is 10.2. The van der Waals surface area contributed by atoms with Crippen molar-refractivity contribution in [2.45, 2.75) is 44.9 Å². The second-order valence-corrected chi connectivity index (χ2v) is 4.67. The minimum Gasteiger partial charge on any atom is -0.386 e. The van der Waals surface area contributed by atoms with Gasteiger partial charge >= 0.3 is 0 Å². The highest BCUT2D eigenvalue weighted by Gasteiger charge is 2.27. The summed E-state index contributed by atoms with van der Waals surface area (Å²) in [6.07, 6.45) is 7.36. The molecule has 0 radical (unpaired) electrons. The van der Waals surface area contributed by atoms with Gasteiger partial charge in [-0.3, -0.25) is 4.68 Å². The summed E-state index contributed by atoms with van der Waals surface area (Å²) in [4.78, 5) is 8.33. The molecule has 0 aliphatic heterocycles. The monoisotopic (exact) mass is 247 g/mol. The minimum atomic E-state index is -0.567. The predicted molar refractivity (Wildman–Crippen MR) is 64.9 cm³/mol. The van der Waals surface area contributed by atoms with Crippen molar-refractivity contribution < 1.29 is 5.11 Å². The van der Waals surface area contributed by atoms with Crippen LogP contribution in [-0.2, 0) is 13.0 Å². The molecule has 1 N–H and O–H groups in total. The van der Waals surface area contributed by atoms with Crippen molar-refractivity contribution in [3.05, 3.63) is 30.4 Å². The number of aryl methyl sites for hydroxylation is 1. The van der Waals surface area contributed by atoms with Gasteiger partial charge in [0.2, 0.25) is 0 Å². The van der Waals surface area contributed by atoms with E-state index in [9.17, 15) is 5.11 Å². The van der Waals surface area contributed by atoms with Crippen LogP contribution < -0.4 is 0 Å². The highest BCUT2D eigenvalue weighted by atomic mass is 16.3. The number of imidazole rings is 1. The summed E-state index contributed by atoms with van der Waals surface area (Å²) in [7, 11) is 0.